The molecule has 0 unspecified atom stereocenters. The quantitative estimate of drug-likeness (QED) is 0.556. The molecule has 1 saturated carbocycles. The Hall–Kier alpha value is -0.300. The molecule has 0 saturated heterocycles. The fourth-order valence-corrected chi connectivity index (χ4v) is 1.57. The smallest absolute Gasteiger partial charge is 0.0726 e. The molecule has 1 atom stereocenters. The summed E-state index contributed by atoms with van der Waals surface area (Å²) >= 11 is 0. The first-order valence-corrected chi connectivity index (χ1v) is 4.55. The van der Waals surface area contributed by atoms with E-state index in [0.29, 0.717) is 6.10 Å². The third-order valence-electron chi connectivity index (χ3n) is 2.34. The van der Waals surface area contributed by atoms with Crippen molar-refractivity contribution in [1.82, 2.24) is 0 Å². The van der Waals surface area contributed by atoms with Crippen LogP contribution in [0.15, 0.2) is 11.6 Å². The lowest BCUT2D eigenvalue weighted by atomic mass is 9.94. The van der Waals surface area contributed by atoms with E-state index in [9.17, 15) is 0 Å². The molecule has 1 fully saturated rings. The monoisotopic (exact) mass is 154 g/mol. The number of methoxy groups -OCH3 is 1. The molecule has 0 aromatic rings. The van der Waals surface area contributed by atoms with Gasteiger partial charge >= 0.3 is 0 Å². The van der Waals surface area contributed by atoms with Crippen LogP contribution in [0.4, 0.5) is 0 Å². The summed E-state index contributed by atoms with van der Waals surface area (Å²) in [5.41, 5.74) is 1.60. The van der Waals surface area contributed by atoms with Crippen LogP contribution in [0.25, 0.3) is 0 Å². The molecule has 1 nitrogen and oxygen atoms in total. The van der Waals surface area contributed by atoms with Crippen molar-refractivity contribution in [3.63, 3.8) is 0 Å². The van der Waals surface area contributed by atoms with E-state index in [1.165, 1.54) is 32.1 Å². The van der Waals surface area contributed by atoms with E-state index in [1.807, 2.05) is 0 Å². The summed E-state index contributed by atoms with van der Waals surface area (Å²) < 4.78 is 5.18. The number of hydrogen-bond donors (Lipinski definition) is 0. The Labute approximate surface area is 69.4 Å². The first-order chi connectivity index (χ1) is 5.33. The minimum atomic E-state index is 0.308. The van der Waals surface area contributed by atoms with Gasteiger partial charge in [0.2, 0.25) is 0 Å². The molecule has 64 valence electrons. The Morgan fingerprint density at radius 2 is 1.91 bits per heavy atom. The Balaban J connectivity index is 2.37. The van der Waals surface area contributed by atoms with Crippen LogP contribution in [0.1, 0.15) is 39.0 Å². The second-order valence-electron chi connectivity index (χ2n) is 3.33. The lowest BCUT2D eigenvalue weighted by molar-refractivity contribution is 0.155. The second kappa shape index (κ2) is 4.55. The van der Waals surface area contributed by atoms with Crippen LogP contribution in [0.2, 0.25) is 0 Å². The molecule has 1 aliphatic rings. The molecule has 0 spiro atoms. The maximum absolute atomic E-state index is 5.18. The van der Waals surface area contributed by atoms with Crippen molar-refractivity contribution in [3.8, 4) is 0 Å². The third-order valence-corrected chi connectivity index (χ3v) is 2.34. The standard InChI is InChI=1S/C10H18O/c1-9(11-2)8-10-6-4-3-5-7-10/h8-9H,3-7H2,1-2H3/t9-/m1/s1. The molecule has 0 N–H and O–H groups in total. The zero-order valence-electron chi connectivity index (χ0n) is 7.60. The summed E-state index contributed by atoms with van der Waals surface area (Å²) in [5.74, 6) is 0. The Bertz CT molecular complexity index is 130. The zero-order valence-corrected chi connectivity index (χ0v) is 7.60. The van der Waals surface area contributed by atoms with Gasteiger partial charge in [0.1, 0.15) is 0 Å². The van der Waals surface area contributed by atoms with E-state index >= 15 is 0 Å². The largest absolute Gasteiger partial charge is 0.378 e. The average molecular weight is 154 g/mol. The Morgan fingerprint density at radius 1 is 1.27 bits per heavy atom. The summed E-state index contributed by atoms with van der Waals surface area (Å²) in [6.07, 6.45) is 9.35. The van der Waals surface area contributed by atoms with Crippen molar-refractivity contribution in [2.75, 3.05) is 7.11 Å². The van der Waals surface area contributed by atoms with E-state index in [0.717, 1.165) is 0 Å². The van der Waals surface area contributed by atoms with E-state index in [1.54, 1.807) is 12.7 Å². The highest BCUT2D eigenvalue weighted by atomic mass is 16.5. The normalized spacial score (nSPS) is 21.5. The minimum absolute atomic E-state index is 0.308. The van der Waals surface area contributed by atoms with Crippen LogP contribution in [0.3, 0.4) is 0 Å². The second-order valence-corrected chi connectivity index (χ2v) is 3.33. The van der Waals surface area contributed by atoms with Gasteiger partial charge in [-0.05, 0) is 32.6 Å². The van der Waals surface area contributed by atoms with Gasteiger partial charge in [-0.15, -0.1) is 0 Å². The number of rotatable bonds is 2. The van der Waals surface area contributed by atoms with E-state index in [-0.39, 0.29) is 0 Å². The fourth-order valence-electron chi connectivity index (χ4n) is 1.57. The van der Waals surface area contributed by atoms with Crippen LogP contribution >= 0.6 is 0 Å². The molecule has 1 aliphatic carbocycles. The summed E-state index contributed by atoms with van der Waals surface area (Å²) in [6, 6.07) is 0. The van der Waals surface area contributed by atoms with Gasteiger partial charge in [-0.2, -0.15) is 0 Å². The molecule has 11 heavy (non-hydrogen) atoms. The van der Waals surface area contributed by atoms with Gasteiger partial charge < -0.3 is 4.74 Å². The van der Waals surface area contributed by atoms with Gasteiger partial charge in [-0.1, -0.05) is 18.1 Å². The van der Waals surface area contributed by atoms with Gasteiger partial charge in [-0.25, -0.2) is 0 Å². The van der Waals surface area contributed by atoms with Gasteiger partial charge in [0, 0.05) is 7.11 Å². The van der Waals surface area contributed by atoms with Crippen LogP contribution < -0.4 is 0 Å². The molecular weight excluding hydrogens is 136 g/mol. The molecule has 0 aromatic carbocycles. The zero-order chi connectivity index (χ0) is 8.10. The molecule has 0 aromatic heterocycles. The van der Waals surface area contributed by atoms with Gasteiger partial charge in [0.25, 0.3) is 0 Å². The molecule has 0 radical (unpaired) electrons. The number of allylic oxidation sites excluding steroid dienone is 1. The third kappa shape index (κ3) is 3.06. The van der Waals surface area contributed by atoms with Crippen molar-refractivity contribution < 1.29 is 4.74 Å². The van der Waals surface area contributed by atoms with Crippen molar-refractivity contribution in [2.45, 2.75) is 45.1 Å². The van der Waals surface area contributed by atoms with Crippen molar-refractivity contribution >= 4 is 0 Å². The summed E-state index contributed by atoms with van der Waals surface area (Å²) in [5, 5.41) is 0. The lowest BCUT2D eigenvalue weighted by Crippen LogP contribution is -2.03. The summed E-state index contributed by atoms with van der Waals surface area (Å²) in [4.78, 5) is 0. The summed E-state index contributed by atoms with van der Waals surface area (Å²) in [6.45, 7) is 2.10. The highest BCUT2D eigenvalue weighted by Gasteiger charge is 2.05. The highest BCUT2D eigenvalue weighted by molar-refractivity contribution is 5.06. The molecule has 1 rings (SSSR count). The number of hydrogen-bond acceptors (Lipinski definition) is 1. The first kappa shape index (κ1) is 8.79. The Kier molecular flexibility index (Phi) is 3.64. The number of ether oxygens (including phenoxy) is 1. The van der Waals surface area contributed by atoms with Crippen molar-refractivity contribution in [3.05, 3.63) is 11.6 Å². The highest BCUT2D eigenvalue weighted by Crippen LogP contribution is 2.23. The maximum atomic E-state index is 5.18. The fraction of sp³-hybridized carbons (Fsp3) is 0.800. The van der Waals surface area contributed by atoms with Gasteiger partial charge in [-0.3, -0.25) is 0 Å². The van der Waals surface area contributed by atoms with Gasteiger partial charge in [0.15, 0.2) is 0 Å². The van der Waals surface area contributed by atoms with Crippen LogP contribution in [-0.4, -0.2) is 13.2 Å². The molecule has 0 amide bonds. The first-order valence-electron chi connectivity index (χ1n) is 4.55. The molecule has 1 heteroatoms. The van der Waals surface area contributed by atoms with Crippen LogP contribution in [0, 0.1) is 0 Å². The van der Waals surface area contributed by atoms with E-state index in [4.69, 9.17) is 4.74 Å². The predicted octanol–water partition coefficient (Wildman–Crippen LogP) is 2.91. The average Bonchev–Trinajstić information content (AvgIpc) is 2.06. The van der Waals surface area contributed by atoms with E-state index < -0.39 is 0 Å². The maximum Gasteiger partial charge on any atom is 0.0726 e. The molecule has 0 aliphatic heterocycles. The molecular formula is C10H18O. The molecule has 0 heterocycles. The lowest BCUT2D eigenvalue weighted by Gasteiger charge is -2.15. The molecule has 0 bridgehead atoms. The predicted molar refractivity (Wildman–Crippen MR) is 47.6 cm³/mol. The van der Waals surface area contributed by atoms with E-state index in [2.05, 4.69) is 13.0 Å². The van der Waals surface area contributed by atoms with Crippen molar-refractivity contribution in [2.24, 2.45) is 0 Å². The summed E-state index contributed by atoms with van der Waals surface area (Å²) in [7, 11) is 1.77. The topological polar surface area (TPSA) is 9.23 Å². The van der Waals surface area contributed by atoms with Crippen LogP contribution in [0.5, 0.6) is 0 Å². The minimum Gasteiger partial charge on any atom is -0.378 e. The van der Waals surface area contributed by atoms with Gasteiger partial charge in [0.05, 0.1) is 6.10 Å². The van der Waals surface area contributed by atoms with Crippen molar-refractivity contribution in [1.29, 1.82) is 0 Å². The Morgan fingerprint density at radius 3 is 2.45 bits per heavy atom. The SMILES string of the molecule is CO[C@H](C)C=C1CCCCC1. The van der Waals surface area contributed by atoms with Crippen LogP contribution in [-0.2, 0) is 4.74 Å².